The lowest BCUT2D eigenvalue weighted by molar-refractivity contribution is 0.300. The van der Waals surface area contributed by atoms with Crippen LogP contribution in [-0.4, -0.2) is 13.2 Å². The molecule has 2 heteroatoms. The molecule has 1 aliphatic rings. The molecule has 0 radical (unpaired) electrons. The fourth-order valence-electron chi connectivity index (χ4n) is 3.48. The lowest BCUT2D eigenvalue weighted by atomic mass is 9.86. The van der Waals surface area contributed by atoms with Crippen molar-refractivity contribution in [3.05, 3.63) is 29.8 Å². The molecule has 1 N–H and O–H groups in total. The maximum absolute atomic E-state index is 5.70. The highest BCUT2D eigenvalue weighted by atomic mass is 16.5. The zero-order valence-electron chi connectivity index (χ0n) is 13.9. The number of hydrogen-bond acceptors (Lipinski definition) is 2. The lowest BCUT2D eigenvalue weighted by Crippen LogP contribution is -2.30. The van der Waals surface area contributed by atoms with Gasteiger partial charge < -0.3 is 10.1 Å². The monoisotopic (exact) mass is 289 g/mol. The van der Waals surface area contributed by atoms with Crippen molar-refractivity contribution < 1.29 is 4.74 Å². The molecule has 0 spiro atoms. The summed E-state index contributed by atoms with van der Waals surface area (Å²) in [6.45, 7) is 8.69. The fraction of sp³-hybridized carbons (Fsp3) is 0.684. The highest BCUT2D eigenvalue weighted by Gasteiger charge is 2.31. The minimum absolute atomic E-state index is 0.502. The van der Waals surface area contributed by atoms with Gasteiger partial charge in [-0.1, -0.05) is 45.7 Å². The summed E-state index contributed by atoms with van der Waals surface area (Å²) in [5.74, 6) is 2.60. The SMILES string of the molecule is CCCNC(c1ccc(OCCC)cc1)C1CCCC1C. The van der Waals surface area contributed by atoms with Gasteiger partial charge in [0.15, 0.2) is 0 Å². The topological polar surface area (TPSA) is 21.3 Å². The molecule has 0 aromatic heterocycles. The Morgan fingerprint density at radius 3 is 2.48 bits per heavy atom. The molecule has 21 heavy (non-hydrogen) atoms. The van der Waals surface area contributed by atoms with Gasteiger partial charge in [0, 0.05) is 6.04 Å². The molecule has 2 nitrogen and oxygen atoms in total. The van der Waals surface area contributed by atoms with Crippen molar-refractivity contribution in [2.75, 3.05) is 13.2 Å². The number of ether oxygens (including phenoxy) is 1. The molecular formula is C19H31NO. The van der Waals surface area contributed by atoms with Crippen LogP contribution in [0, 0.1) is 11.8 Å². The molecule has 0 saturated heterocycles. The summed E-state index contributed by atoms with van der Waals surface area (Å²) in [7, 11) is 0. The van der Waals surface area contributed by atoms with Crippen LogP contribution in [0.4, 0.5) is 0 Å². The van der Waals surface area contributed by atoms with E-state index in [-0.39, 0.29) is 0 Å². The molecule has 118 valence electrons. The first-order valence-electron chi connectivity index (χ1n) is 8.72. The molecule has 0 heterocycles. The van der Waals surface area contributed by atoms with E-state index in [1.165, 1.54) is 31.2 Å². The van der Waals surface area contributed by atoms with Crippen LogP contribution in [0.5, 0.6) is 5.75 Å². The lowest BCUT2D eigenvalue weighted by Gasteiger charge is -2.28. The van der Waals surface area contributed by atoms with E-state index in [4.69, 9.17) is 4.74 Å². The Kier molecular flexibility index (Phi) is 6.56. The molecule has 0 amide bonds. The molecule has 1 aromatic carbocycles. The Labute approximate surface area is 130 Å². The van der Waals surface area contributed by atoms with Gasteiger partial charge in [0.25, 0.3) is 0 Å². The Hall–Kier alpha value is -1.02. The van der Waals surface area contributed by atoms with Crippen LogP contribution >= 0.6 is 0 Å². The second-order valence-electron chi connectivity index (χ2n) is 6.42. The summed E-state index contributed by atoms with van der Waals surface area (Å²) in [5.41, 5.74) is 1.42. The fourth-order valence-corrected chi connectivity index (χ4v) is 3.48. The smallest absolute Gasteiger partial charge is 0.119 e. The largest absolute Gasteiger partial charge is 0.494 e. The van der Waals surface area contributed by atoms with Crippen molar-refractivity contribution >= 4 is 0 Å². The standard InChI is InChI=1S/C19H31NO/c1-4-13-20-19(18-8-6-7-15(18)3)16-9-11-17(12-10-16)21-14-5-2/h9-12,15,18-20H,4-8,13-14H2,1-3H3. The normalized spacial score (nSPS) is 23.2. The van der Waals surface area contributed by atoms with E-state index in [2.05, 4.69) is 50.4 Å². The first kappa shape index (κ1) is 16.4. The van der Waals surface area contributed by atoms with E-state index in [0.717, 1.165) is 37.2 Å². The van der Waals surface area contributed by atoms with Crippen LogP contribution in [0.15, 0.2) is 24.3 Å². The van der Waals surface area contributed by atoms with Gasteiger partial charge in [-0.25, -0.2) is 0 Å². The van der Waals surface area contributed by atoms with Crippen molar-refractivity contribution in [2.45, 2.75) is 58.9 Å². The second kappa shape index (κ2) is 8.43. The molecular weight excluding hydrogens is 258 g/mol. The molecule has 2 rings (SSSR count). The Bertz CT molecular complexity index is 401. The number of nitrogens with one attached hydrogen (secondary N) is 1. The first-order valence-corrected chi connectivity index (χ1v) is 8.72. The molecule has 0 bridgehead atoms. The third-order valence-electron chi connectivity index (χ3n) is 4.68. The number of benzene rings is 1. The highest BCUT2D eigenvalue weighted by molar-refractivity contribution is 5.29. The number of rotatable bonds is 8. The van der Waals surface area contributed by atoms with Crippen molar-refractivity contribution in [1.82, 2.24) is 5.32 Å². The quantitative estimate of drug-likeness (QED) is 0.731. The van der Waals surface area contributed by atoms with Gasteiger partial charge in [-0.05, 0) is 55.3 Å². The van der Waals surface area contributed by atoms with E-state index in [0.29, 0.717) is 6.04 Å². The molecule has 0 aliphatic heterocycles. The van der Waals surface area contributed by atoms with Crippen LogP contribution < -0.4 is 10.1 Å². The summed E-state index contributed by atoms with van der Waals surface area (Å²) >= 11 is 0. The van der Waals surface area contributed by atoms with Gasteiger partial charge in [0.1, 0.15) is 5.75 Å². The Morgan fingerprint density at radius 1 is 1.14 bits per heavy atom. The zero-order valence-corrected chi connectivity index (χ0v) is 13.9. The molecule has 1 aromatic rings. The average Bonchev–Trinajstić information content (AvgIpc) is 2.93. The van der Waals surface area contributed by atoms with Crippen LogP contribution in [-0.2, 0) is 0 Å². The van der Waals surface area contributed by atoms with E-state index < -0.39 is 0 Å². The van der Waals surface area contributed by atoms with Crippen molar-refractivity contribution in [1.29, 1.82) is 0 Å². The van der Waals surface area contributed by atoms with Gasteiger partial charge in [-0.15, -0.1) is 0 Å². The maximum atomic E-state index is 5.70. The van der Waals surface area contributed by atoms with Crippen molar-refractivity contribution in [3.63, 3.8) is 0 Å². The third kappa shape index (κ3) is 4.47. The molecule has 3 unspecified atom stereocenters. The van der Waals surface area contributed by atoms with E-state index >= 15 is 0 Å². The molecule has 1 aliphatic carbocycles. The van der Waals surface area contributed by atoms with E-state index in [1.807, 2.05) is 0 Å². The molecule has 1 saturated carbocycles. The summed E-state index contributed by atoms with van der Waals surface area (Å²) in [6, 6.07) is 9.27. The summed E-state index contributed by atoms with van der Waals surface area (Å²) < 4.78 is 5.70. The van der Waals surface area contributed by atoms with Gasteiger partial charge >= 0.3 is 0 Å². The highest BCUT2D eigenvalue weighted by Crippen LogP contribution is 2.40. The van der Waals surface area contributed by atoms with E-state index in [9.17, 15) is 0 Å². The molecule has 3 atom stereocenters. The third-order valence-corrected chi connectivity index (χ3v) is 4.68. The summed E-state index contributed by atoms with van der Waals surface area (Å²) in [4.78, 5) is 0. The van der Waals surface area contributed by atoms with Crippen LogP contribution in [0.25, 0.3) is 0 Å². The van der Waals surface area contributed by atoms with E-state index in [1.54, 1.807) is 0 Å². The maximum Gasteiger partial charge on any atom is 0.119 e. The van der Waals surface area contributed by atoms with Crippen molar-refractivity contribution in [3.8, 4) is 5.75 Å². The predicted octanol–water partition coefficient (Wildman–Crippen LogP) is 4.95. The average molecular weight is 289 g/mol. The first-order chi connectivity index (χ1) is 10.3. The Morgan fingerprint density at radius 2 is 1.90 bits per heavy atom. The van der Waals surface area contributed by atoms with Gasteiger partial charge in [0.2, 0.25) is 0 Å². The molecule has 1 fully saturated rings. The van der Waals surface area contributed by atoms with Gasteiger partial charge in [-0.2, -0.15) is 0 Å². The van der Waals surface area contributed by atoms with Gasteiger partial charge in [0.05, 0.1) is 6.61 Å². The van der Waals surface area contributed by atoms with Crippen molar-refractivity contribution in [2.24, 2.45) is 11.8 Å². The van der Waals surface area contributed by atoms with Crippen LogP contribution in [0.1, 0.15) is 64.5 Å². The van der Waals surface area contributed by atoms with Crippen LogP contribution in [0.3, 0.4) is 0 Å². The predicted molar refractivity (Wildman–Crippen MR) is 89.8 cm³/mol. The Balaban J connectivity index is 2.08. The second-order valence-corrected chi connectivity index (χ2v) is 6.42. The van der Waals surface area contributed by atoms with Crippen LogP contribution in [0.2, 0.25) is 0 Å². The minimum Gasteiger partial charge on any atom is -0.494 e. The zero-order chi connectivity index (χ0) is 15.1. The van der Waals surface area contributed by atoms with Gasteiger partial charge in [-0.3, -0.25) is 0 Å². The summed E-state index contributed by atoms with van der Waals surface area (Å²) in [5, 5.41) is 3.78. The summed E-state index contributed by atoms with van der Waals surface area (Å²) in [6.07, 6.45) is 6.37. The number of hydrogen-bond donors (Lipinski definition) is 1. The minimum atomic E-state index is 0.502.